The third-order valence-electron chi connectivity index (χ3n) is 6.44. The second kappa shape index (κ2) is 4.92. The molecule has 2 heteroatoms. The Bertz CT molecular complexity index is 1110. The van der Waals surface area contributed by atoms with Crippen molar-refractivity contribution in [2.75, 3.05) is 0 Å². The molecule has 0 amide bonds. The summed E-state index contributed by atoms with van der Waals surface area (Å²) in [7, 11) is 6.13. The topological polar surface area (TPSA) is 0 Å². The van der Waals surface area contributed by atoms with E-state index >= 15 is 0 Å². The summed E-state index contributed by atoms with van der Waals surface area (Å²) in [4.78, 5) is 0. The second-order valence-electron chi connectivity index (χ2n) is 8.66. The van der Waals surface area contributed by atoms with Crippen LogP contribution in [-0.2, 0) is 10.8 Å². The summed E-state index contributed by atoms with van der Waals surface area (Å²) in [5.74, 6) is 0. The van der Waals surface area contributed by atoms with Gasteiger partial charge in [-0.1, -0.05) is 85.5 Å². The Morgan fingerprint density at radius 3 is 2.12 bits per heavy atom. The molecule has 0 aromatic heterocycles. The number of rotatable bonds is 0. The van der Waals surface area contributed by atoms with Gasteiger partial charge < -0.3 is 0 Å². The molecule has 2 aliphatic carbocycles. The average Bonchev–Trinajstić information content (AvgIpc) is 2.94. The summed E-state index contributed by atoms with van der Waals surface area (Å²) in [6.07, 6.45) is 0. The highest BCUT2D eigenvalue weighted by Crippen LogP contribution is 2.58. The van der Waals surface area contributed by atoms with Crippen LogP contribution < -0.4 is 5.46 Å². The molecule has 3 aromatic rings. The molecule has 5 rings (SSSR count). The van der Waals surface area contributed by atoms with E-state index in [2.05, 4.69) is 86.1 Å². The molecule has 26 heavy (non-hydrogen) atoms. The number of fused-ring (bicyclic) bond motifs is 7. The third kappa shape index (κ3) is 1.86. The zero-order valence-electron chi connectivity index (χ0n) is 15.6. The summed E-state index contributed by atoms with van der Waals surface area (Å²) in [6.45, 7) is 9.34. The average molecular weight is 399 g/mol. The number of halogens is 1. The standard InChI is InChI=1S/C24H20BBr/c1-23(2)18-10-9-16-15-8-6-14(26)12-20(15)24(3,4)22(16)21(18)17-7-5-13(25)11-19(17)23/h5-12H,1-4H3. The van der Waals surface area contributed by atoms with Crippen LogP contribution in [0.25, 0.3) is 22.3 Å². The van der Waals surface area contributed by atoms with Crippen LogP contribution in [0, 0.1) is 0 Å². The van der Waals surface area contributed by atoms with Crippen LogP contribution in [0.2, 0.25) is 0 Å². The van der Waals surface area contributed by atoms with E-state index in [0.717, 1.165) is 9.94 Å². The lowest BCUT2D eigenvalue weighted by Crippen LogP contribution is -2.19. The fourth-order valence-electron chi connectivity index (χ4n) is 5.12. The Morgan fingerprint density at radius 1 is 0.692 bits per heavy atom. The van der Waals surface area contributed by atoms with Gasteiger partial charge in [-0.05, 0) is 56.6 Å². The molecule has 2 aliphatic rings. The van der Waals surface area contributed by atoms with Crippen LogP contribution in [0.4, 0.5) is 0 Å². The van der Waals surface area contributed by atoms with Crippen molar-refractivity contribution in [1.29, 1.82) is 0 Å². The SMILES string of the molecule is [B]c1ccc2c(c1)C(C)(C)c1ccc3c(c1-2)C(C)(C)c1cc(Br)ccc1-3. The van der Waals surface area contributed by atoms with Crippen LogP contribution in [0.3, 0.4) is 0 Å². The molecule has 126 valence electrons. The zero-order chi connectivity index (χ0) is 18.4. The third-order valence-corrected chi connectivity index (χ3v) is 6.93. The highest BCUT2D eigenvalue weighted by molar-refractivity contribution is 9.10. The van der Waals surface area contributed by atoms with Gasteiger partial charge in [0.2, 0.25) is 0 Å². The second-order valence-corrected chi connectivity index (χ2v) is 9.57. The maximum Gasteiger partial charge on any atom is 0.113 e. The van der Waals surface area contributed by atoms with Gasteiger partial charge in [-0.3, -0.25) is 0 Å². The maximum absolute atomic E-state index is 6.13. The van der Waals surface area contributed by atoms with E-state index in [9.17, 15) is 0 Å². The van der Waals surface area contributed by atoms with Crippen LogP contribution in [-0.4, -0.2) is 7.85 Å². The molecule has 0 saturated heterocycles. The van der Waals surface area contributed by atoms with E-state index in [1.54, 1.807) is 0 Å². The Labute approximate surface area is 165 Å². The summed E-state index contributed by atoms with van der Waals surface area (Å²) >= 11 is 3.66. The number of hydrogen-bond acceptors (Lipinski definition) is 0. The van der Waals surface area contributed by atoms with Gasteiger partial charge in [-0.2, -0.15) is 0 Å². The quantitative estimate of drug-likeness (QED) is 0.416. The maximum atomic E-state index is 6.13. The summed E-state index contributed by atoms with van der Waals surface area (Å²) in [5, 5.41) is 0. The monoisotopic (exact) mass is 398 g/mol. The first-order valence-electron chi connectivity index (χ1n) is 9.11. The van der Waals surface area contributed by atoms with Crippen LogP contribution in [0.15, 0.2) is 53.0 Å². The Kier molecular flexibility index (Phi) is 3.10. The first-order chi connectivity index (χ1) is 12.2. The van der Waals surface area contributed by atoms with Gasteiger partial charge in [0.1, 0.15) is 7.85 Å². The van der Waals surface area contributed by atoms with Gasteiger partial charge >= 0.3 is 0 Å². The van der Waals surface area contributed by atoms with Gasteiger partial charge in [0.05, 0.1) is 0 Å². The van der Waals surface area contributed by atoms with E-state index in [1.165, 1.54) is 44.5 Å². The van der Waals surface area contributed by atoms with Crippen LogP contribution in [0.5, 0.6) is 0 Å². The summed E-state index contributed by atoms with van der Waals surface area (Å²) in [5.41, 5.74) is 11.9. The highest BCUT2D eigenvalue weighted by atomic mass is 79.9. The van der Waals surface area contributed by atoms with Crippen LogP contribution >= 0.6 is 15.9 Å². The number of benzene rings is 3. The smallest absolute Gasteiger partial charge is 0.0963 e. The fraction of sp³-hybridized carbons (Fsp3) is 0.250. The lowest BCUT2D eigenvalue weighted by atomic mass is 9.77. The van der Waals surface area contributed by atoms with Gasteiger partial charge in [0.25, 0.3) is 0 Å². The van der Waals surface area contributed by atoms with Crippen molar-refractivity contribution in [2.24, 2.45) is 0 Å². The summed E-state index contributed by atoms with van der Waals surface area (Å²) < 4.78 is 1.14. The van der Waals surface area contributed by atoms with Crippen molar-refractivity contribution < 1.29 is 0 Å². The molecule has 3 aromatic carbocycles. The lowest BCUT2D eigenvalue weighted by molar-refractivity contribution is 0.647. The van der Waals surface area contributed by atoms with Gasteiger partial charge in [0.15, 0.2) is 0 Å². The predicted molar refractivity (Wildman–Crippen MR) is 115 cm³/mol. The molecule has 0 saturated carbocycles. The Morgan fingerprint density at radius 2 is 1.35 bits per heavy atom. The minimum atomic E-state index is -0.0289. The molecule has 0 bridgehead atoms. The first-order valence-corrected chi connectivity index (χ1v) is 9.91. The molecule has 0 heterocycles. The Hall–Kier alpha value is -1.80. The van der Waals surface area contributed by atoms with Crippen molar-refractivity contribution in [3.8, 4) is 22.3 Å². The highest BCUT2D eigenvalue weighted by Gasteiger charge is 2.44. The zero-order valence-corrected chi connectivity index (χ0v) is 17.2. The van der Waals surface area contributed by atoms with Crippen molar-refractivity contribution >= 4 is 29.2 Å². The number of hydrogen-bond donors (Lipinski definition) is 0. The van der Waals surface area contributed by atoms with Crippen molar-refractivity contribution in [3.63, 3.8) is 0 Å². The molecule has 0 fully saturated rings. The van der Waals surface area contributed by atoms with Crippen molar-refractivity contribution in [1.82, 2.24) is 0 Å². The van der Waals surface area contributed by atoms with E-state index in [0.29, 0.717) is 0 Å². The summed E-state index contributed by atoms with van der Waals surface area (Å²) in [6, 6.07) is 17.8. The molecule has 0 aliphatic heterocycles. The minimum Gasteiger partial charge on any atom is -0.0963 e. The normalized spacial score (nSPS) is 17.4. The van der Waals surface area contributed by atoms with Gasteiger partial charge in [-0.15, -0.1) is 0 Å². The molecular weight excluding hydrogens is 379 g/mol. The minimum absolute atomic E-state index is 0.0273. The lowest BCUT2D eigenvalue weighted by Gasteiger charge is -2.26. The molecule has 0 spiro atoms. The van der Waals surface area contributed by atoms with Crippen molar-refractivity contribution in [3.05, 3.63) is 75.3 Å². The van der Waals surface area contributed by atoms with E-state index < -0.39 is 0 Å². The van der Waals surface area contributed by atoms with Crippen molar-refractivity contribution in [2.45, 2.75) is 38.5 Å². The first kappa shape index (κ1) is 16.4. The van der Waals surface area contributed by atoms with Gasteiger partial charge in [-0.25, -0.2) is 0 Å². The molecule has 0 N–H and O–H groups in total. The van der Waals surface area contributed by atoms with E-state index in [1.807, 2.05) is 6.07 Å². The van der Waals surface area contributed by atoms with E-state index in [4.69, 9.17) is 7.85 Å². The Balaban J connectivity index is 1.91. The molecule has 0 unspecified atom stereocenters. The largest absolute Gasteiger partial charge is 0.113 e. The molecule has 0 nitrogen and oxygen atoms in total. The van der Waals surface area contributed by atoms with Gasteiger partial charge in [0, 0.05) is 15.3 Å². The van der Waals surface area contributed by atoms with E-state index in [-0.39, 0.29) is 10.8 Å². The molecule has 2 radical (unpaired) electrons. The molecular formula is C24H20BBr. The van der Waals surface area contributed by atoms with Crippen LogP contribution in [0.1, 0.15) is 49.9 Å². The fourth-order valence-corrected chi connectivity index (χ4v) is 5.48. The predicted octanol–water partition coefficient (Wildman–Crippen LogP) is 5.86. The molecule has 0 atom stereocenters.